The van der Waals surface area contributed by atoms with Crippen molar-refractivity contribution in [1.29, 1.82) is 0 Å². The summed E-state index contributed by atoms with van der Waals surface area (Å²) in [4.78, 5) is 2.29. The van der Waals surface area contributed by atoms with Gasteiger partial charge in [-0.15, -0.1) is 0 Å². The van der Waals surface area contributed by atoms with Crippen molar-refractivity contribution < 1.29 is 0 Å². The average molecular weight is 196 g/mol. The van der Waals surface area contributed by atoms with E-state index in [1.807, 2.05) is 14.0 Å². The summed E-state index contributed by atoms with van der Waals surface area (Å²) < 4.78 is 0. The van der Waals surface area contributed by atoms with Gasteiger partial charge in [0.25, 0.3) is 0 Å². The molecule has 1 rings (SSSR count). The Morgan fingerprint density at radius 1 is 1.43 bits per heavy atom. The number of H-pyrrole nitrogens is 1. The Morgan fingerprint density at radius 3 is 2.64 bits per heavy atom. The van der Waals surface area contributed by atoms with Crippen molar-refractivity contribution in [1.82, 2.24) is 20.4 Å². The molecule has 0 saturated carbocycles. The van der Waals surface area contributed by atoms with Crippen molar-refractivity contribution in [2.24, 2.45) is 0 Å². The normalized spacial score (nSPS) is 11.2. The van der Waals surface area contributed by atoms with E-state index < -0.39 is 0 Å². The number of likely N-dealkylation sites (N-methyl/N-ethyl adjacent to an activating group) is 2. The summed E-state index contributed by atoms with van der Waals surface area (Å²) in [6, 6.07) is 0. The van der Waals surface area contributed by atoms with Crippen molar-refractivity contribution >= 4 is 0 Å². The van der Waals surface area contributed by atoms with E-state index in [2.05, 4.69) is 34.4 Å². The van der Waals surface area contributed by atoms with Crippen molar-refractivity contribution in [3.63, 3.8) is 0 Å². The third-order valence-corrected chi connectivity index (χ3v) is 2.45. The van der Waals surface area contributed by atoms with Crippen LogP contribution < -0.4 is 5.32 Å². The predicted molar refractivity (Wildman–Crippen MR) is 58.3 cm³/mol. The molecule has 0 aliphatic heterocycles. The molecule has 2 N–H and O–H groups in total. The van der Waals surface area contributed by atoms with Crippen molar-refractivity contribution in [3.8, 4) is 0 Å². The molecule has 0 radical (unpaired) electrons. The molecule has 0 aromatic carbocycles. The SMILES string of the molecule is CNCCN(C)Cc1c(C)n[nH]c1C. The Kier molecular flexibility index (Phi) is 4.10. The van der Waals surface area contributed by atoms with Gasteiger partial charge in [-0.1, -0.05) is 0 Å². The van der Waals surface area contributed by atoms with Crippen LogP contribution in [0.3, 0.4) is 0 Å². The second-order valence-corrected chi connectivity index (χ2v) is 3.75. The van der Waals surface area contributed by atoms with Gasteiger partial charge in [-0.2, -0.15) is 5.10 Å². The fraction of sp³-hybridized carbons (Fsp3) is 0.700. The number of hydrogen-bond donors (Lipinski definition) is 2. The number of rotatable bonds is 5. The third kappa shape index (κ3) is 2.82. The fourth-order valence-corrected chi connectivity index (χ4v) is 1.46. The van der Waals surface area contributed by atoms with E-state index in [0.29, 0.717) is 0 Å². The molecule has 0 spiro atoms. The Hall–Kier alpha value is -0.870. The van der Waals surface area contributed by atoms with E-state index in [1.165, 1.54) is 11.3 Å². The molecule has 0 atom stereocenters. The van der Waals surface area contributed by atoms with Gasteiger partial charge in [0.2, 0.25) is 0 Å². The molecule has 0 bridgehead atoms. The van der Waals surface area contributed by atoms with Gasteiger partial charge in [-0.25, -0.2) is 0 Å². The lowest BCUT2D eigenvalue weighted by Crippen LogP contribution is -2.27. The molecule has 0 unspecified atom stereocenters. The highest BCUT2D eigenvalue weighted by Gasteiger charge is 2.08. The van der Waals surface area contributed by atoms with Crippen molar-refractivity contribution in [2.75, 3.05) is 27.2 Å². The highest BCUT2D eigenvalue weighted by Crippen LogP contribution is 2.10. The molecule has 0 aliphatic carbocycles. The maximum atomic E-state index is 4.18. The molecule has 4 heteroatoms. The summed E-state index contributed by atoms with van der Waals surface area (Å²) in [5.41, 5.74) is 3.61. The van der Waals surface area contributed by atoms with Gasteiger partial charge in [0.1, 0.15) is 0 Å². The van der Waals surface area contributed by atoms with E-state index in [0.717, 1.165) is 25.3 Å². The van der Waals surface area contributed by atoms with Crippen LogP contribution >= 0.6 is 0 Å². The first-order valence-electron chi connectivity index (χ1n) is 4.98. The zero-order chi connectivity index (χ0) is 10.6. The van der Waals surface area contributed by atoms with E-state index in [9.17, 15) is 0 Å². The number of aryl methyl sites for hydroxylation is 2. The van der Waals surface area contributed by atoms with Crippen molar-refractivity contribution in [3.05, 3.63) is 17.0 Å². The minimum Gasteiger partial charge on any atom is -0.318 e. The minimum absolute atomic E-state index is 0.968. The van der Waals surface area contributed by atoms with Crippen LogP contribution in [0.4, 0.5) is 0 Å². The lowest BCUT2D eigenvalue weighted by atomic mass is 10.2. The van der Waals surface area contributed by atoms with E-state index in [4.69, 9.17) is 0 Å². The first-order valence-corrected chi connectivity index (χ1v) is 4.98. The summed E-state index contributed by atoms with van der Waals surface area (Å²) in [6.45, 7) is 7.16. The summed E-state index contributed by atoms with van der Waals surface area (Å²) >= 11 is 0. The van der Waals surface area contributed by atoms with Gasteiger partial charge in [0.05, 0.1) is 5.69 Å². The summed E-state index contributed by atoms with van der Waals surface area (Å²) in [7, 11) is 4.10. The molecule has 0 saturated heterocycles. The van der Waals surface area contributed by atoms with Gasteiger partial charge >= 0.3 is 0 Å². The molecule has 0 aliphatic rings. The number of aromatic nitrogens is 2. The summed E-state index contributed by atoms with van der Waals surface area (Å²) in [5, 5.41) is 10.3. The zero-order valence-corrected chi connectivity index (χ0v) is 9.52. The zero-order valence-electron chi connectivity index (χ0n) is 9.52. The summed E-state index contributed by atoms with van der Waals surface area (Å²) in [5.74, 6) is 0. The smallest absolute Gasteiger partial charge is 0.0639 e. The molecule has 1 aromatic rings. The molecule has 0 amide bonds. The molecule has 80 valence electrons. The Balaban J connectivity index is 2.51. The maximum Gasteiger partial charge on any atom is 0.0639 e. The topological polar surface area (TPSA) is 44.0 Å². The fourth-order valence-electron chi connectivity index (χ4n) is 1.46. The van der Waals surface area contributed by atoms with Crippen LogP contribution in [0.5, 0.6) is 0 Å². The lowest BCUT2D eigenvalue weighted by molar-refractivity contribution is 0.327. The quantitative estimate of drug-likeness (QED) is 0.728. The van der Waals surface area contributed by atoms with Gasteiger partial charge in [0, 0.05) is 30.9 Å². The van der Waals surface area contributed by atoms with Crippen LogP contribution in [-0.2, 0) is 6.54 Å². The second-order valence-electron chi connectivity index (χ2n) is 3.75. The van der Waals surface area contributed by atoms with Gasteiger partial charge in [-0.3, -0.25) is 5.10 Å². The number of hydrogen-bond acceptors (Lipinski definition) is 3. The first kappa shape index (κ1) is 11.2. The standard InChI is InChI=1S/C10H20N4/c1-8-10(9(2)13-12-8)7-14(4)6-5-11-3/h11H,5-7H2,1-4H3,(H,12,13). The third-order valence-electron chi connectivity index (χ3n) is 2.45. The van der Waals surface area contributed by atoms with Crippen LogP contribution in [0.1, 0.15) is 17.0 Å². The Labute approximate surface area is 85.7 Å². The number of nitrogens with one attached hydrogen (secondary N) is 2. The van der Waals surface area contributed by atoms with Crippen LogP contribution in [-0.4, -0.2) is 42.3 Å². The van der Waals surface area contributed by atoms with Gasteiger partial charge in [-0.05, 0) is 27.9 Å². The number of nitrogens with zero attached hydrogens (tertiary/aromatic N) is 2. The van der Waals surface area contributed by atoms with E-state index in [-0.39, 0.29) is 0 Å². The first-order chi connectivity index (χ1) is 6.65. The molecule has 14 heavy (non-hydrogen) atoms. The molecule has 4 nitrogen and oxygen atoms in total. The number of aromatic amines is 1. The van der Waals surface area contributed by atoms with E-state index >= 15 is 0 Å². The largest absolute Gasteiger partial charge is 0.318 e. The Morgan fingerprint density at radius 2 is 2.14 bits per heavy atom. The monoisotopic (exact) mass is 196 g/mol. The molecule has 1 aromatic heterocycles. The summed E-state index contributed by atoms with van der Waals surface area (Å²) in [6.07, 6.45) is 0. The van der Waals surface area contributed by atoms with Gasteiger partial charge in [0.15, 0.2) is 0 Å². The molecular weight excluding hydrogens is 176 g/mol. The van der Waals surface area contributed by atoms with Crippen LogP contribution in [0.25, 0.3) is 0 Å². The van der Waals surface area contributed by atoms with Gasteiger partial charge < -0.3 is 10.2 Å². The highest BCUT2D eigenvalue weighted by atomic mass is 15.1. The highest BCUT2D eigenvalue weighted by molar-refractivity contribution is 5.22. The molecule has 0 fully saturated rings. The lowest BCUT2D eigenvalue weighted by Gasteiger charge is -2.16. The average Bonchev–Trinajstić information content (AvgIpc) is 2.46. The van der Waals surface area contributed by atoms with Crippen LogP contribution in [0, 0.1) is 13.8 Å². The second kappa shape index (κ2) is 5.12. The minimum atomic E-state index is 0.968. The molecule has 1 heterocycles. The van der Waals surface area contributed by atoms with Crippen LogP contribution in [0.15, 0.2) is 0 Å². The Bertz CT molecular complexity index is 260. The molecular formula is C10H20N4. The van der Waals surface area contributed by atoms with Crippen molar-refractivity contribution in [2.45, 2.75) is 20.4 Å². The predicted octanol–water partition coefficient (Wildman–Crippen LogP) is 0.678. The van der Waals surface area contributed by atoms with E-state index in [1.54, 1.807) is 0 Å². The maximum absolute atomic E-state index is 4.18. The van der Waals surface area contributed by atoms with Crippen LogP contribution in [0.2, 0.25) is 0 Å².